The summed E-state index contributed by atoms with van der Waals surface area (Å²) < 4.78 is 23.8. The van der Waals surface area contributed by atoms with E-state index in [1.807, 2.05) is 0 Å². The van der Waals surface area contributed by atoms with Gasteiger partial charge in [-0.15, -0.1) is 0 Å². The van der Waals surface area contributed by atoms with Gasteiger partial charge < -0.3 is 23.8 Å². The number of ether oxygens (including phenoxy) is 4. The van der Waals surface area contributed by atoms with Crippen LogP contribution in [0, 0.1) is 11.3 Å². The number of hydrogen-bond acceptors (Lipinski definition) is 8. The van der Waals surface area contributed by atoms with E-state index in [0.717, 1.165) is 104 Å². The highest BCUT2D eigenvalue weighted by Crippen LogP contribution is 2.45. The zero-order valence-corrected chi connectivity index (χ0v) is 50.1. The Morgan fingerprint density at radius 1 is 0.589 bits per heavy atom. The van der Waals surface area contributed by atoms with E-state index in [4.69, 9.17) is 18.9 Å². The van der Waals surface area contributed by atoms with Crippen LogP contribution in [0.15, 0.2) is 72.8 Å². The third-order valence-corrected chi connectivity index (χ3v) is 15.6. The van der Waals surface area contributed by atoms with Crippen LogP contribution in [0.4, 0.5) is 0 Å². The molecule has 0 bridgehead atoms. The highest BCUT2D eigenvalue weighted by Gasteiger charge is 2.46. The summed E-state index contributed by atoms with van der Waals surface area (Å²) in [7, 11) is 0. The quantitative estimate of drug-likeness (QED) is 0.174. The molecule has 0 radical (unpaired) electrons. The smallest absolute Gasteiger partial charge is 0.168 e. The summed E-state index contributed by atoms with van der Waals surface area (Å²) in [6.07, 6.45) is 23.1. The van der Waals surface area contributed by atoms with Crippen LogP contribution in [0.2, 0.25) is 0 Å². The number of likely N-dealkylation sites (tertiary alicyclic amines) is 1. The minimum atomic E-state index is -0.252. The lowest BCUT2D eigenvalue weighted by Gasteiger charge is -2.41. The zero-order valence-electron chi connectivity index (χ0n) is 50.1. The van der Waals surface area contributed by atoms with Crippen molar-refractivity contribution in [3.05, 3.63) is 95.1 Å². The average Bonchev–Trinajstić information content (AvgIpc) is 3.72. The SMILES string of the molecule is CC(C)(C)c1ccc(C/C=C/CN2CCCCC2)cc1.CC1CN(C/C=C/Cc2ccc(C(C)(C)C)cc2)CC(C)O1.CCCN(CC)CC1COC2(CCC(C(C)(C)C)CC2)O1.CCN1CC(C)OC(C)C1. The first-order valence-electron chi connectivity index (χ1n) is 29.5. The van der Waals surface area contributed by atoms with E-state index in [1.54, 1.807) is 0 Å². The molecule has 416 valence electrons. The maximum atomic E-state index is 6.37. The Morgan fingerprint density at radius 2 is 1.04 bits per heavy atom. The molecule has 0 N–H and O–H groups in total. The second kappa shape index (κ2) is 31.1. The second-order valence-corrected chi connectivity index (χ2v) is 25.7. The number of nitrogens with zero attached hydrogens (tertiary/aromatic N) is 4. The third-order valence-electron chi connectivity index (χ3n) is 15.6. The molecule has 73 heavy (non-hydrogen) atoms. The van der Waals surface area contributed by atoms with Gasteiger partial charge in [-0.1, -0.05) is 162 Å². The van der Waals surface area contributed by atoms with E-state index in [9.17, 15) is 0 Å². The van der Waals surface area contributed by atoms with Crippen molar-refractivity contribution in [3.63, 3.8) is 0 Å². The molecule has 5 unspecified atom stereocenters. The van der Waals surface area contributed by atoms with Crippen LogP contribution in [-0.2, 0) is 42.6 Å². The highest BCUT2D eigenvalue weighted by atomic mass is 16.7. The summed E-state index contributed by atoms with van der Waals surface area (Å²) in [5.41, 5.74) is 6.51. The fourth-order valence-corrected chi connectivity index (χ4v) is 11.2. The topological polar surface area (TPSA) is 49.9 Å². The van der Waals surface area contributed by atoms with E-state index in [-0.39, 0.29) is 22.7 Å². The van der Waals surface area contributed by atoms with Crippen LogP contribution in [-0.4, -0.2) is 141 Å². The molecule has 0 aromatic heterocycles. The molecule has 5 fully saturated rings. The van der Waals surface area contributed by atoms with Crippen molar-refractivity contribution in [3.8, 4) is 0 Å². The molecular weight excluding hydrogens is 901 g/mol. The lowest BCUT2D eigenvalue weighted by Crippen LogP contribution is -2.45. The Balaban J connectivity index is 0.000000217. The Hall–Kier alpha value is -2.40. The molecule has 1 saturated carbocycles. The molecular formula is C65H112N4O4. The Labute approximate surface area is 450 Å². The fraction of sp³-hybridized carbons (Fsp3) is 0.754. The summed E-state index contributed by atoms with van der Waals surface area (Å²) >= 11 is 0. The number of allylic oxidation sites excluding steroid dienone is 2. The summed E-state index contributed by atoms with van der Waals surface area (Å²) in [6, 6.07) is 18.1. The maximum absolute atomic E-state index is 6.37. The van der Waals surface area contributed by atoms with E-state index in [1.165, 1.54) is 73.9 Å². The largest absolute Gasteiger partial charge is 0.373 e. The number of piperidine rings is 1. The minimum absolute atomic E-state index is 0.234. The van der Waals surface area contributed by atoms with Gasteiger partial charge in [0, 0.05) is 58.7 Å². The van der Waals surface area contributed by atoms with Crippen molar-refractivity contribution in [1.82, 2.24) is 19.6 Å². The fourth-order valence-electron chi connectivity index (χ4n) is 11.2. The molecule has 4 aliphatic heterocycles. The Kier molecular flexibility index (Phi) is 26.9. The van der Waals surface area contributed by atoms with Crippen molar-refractivity contribution in [2.45, 2.75) is 222 Å². The first-order chi connectivity index (χ1) is 34.5. The van der Waals surface area contributed by atoms with Gasteiger partial charge in [0.25, 0.3) is 0 Å². The van der Waals surface area contributed by atoms with Crippen LogP contribution in [0.3, 0.4) is 0 Å². The van der Waals surface area contributed by atoms with Crippen molar-refractivity contribution in [2.24, 2.45) is 11.3 Å². The lowest BCUT2D eigenvalue weighted by molar-refractivity contribution is -0.197. The average molecular weight is 1010 g/mol. The van der Waals surface area contributed by atoms with Gasteiger partial charge in [0.15, 0.2) is 5.79 Å². The summed E-state index contributed by atoms with van der Waals surface area (Å²) in [5, 5.41) is 0. The second-order valence-electron chi connectivity index (χ2n) is 25.7. The van der Waals surface area contributed by atoms with Gasteiger partial charge in [0.2, 0.25) is 0 Å². The van der Waals surface area contributed by atoms with Crippen LogP contribution in [0.25, 0.3) is 0 Å². The maximum Gasteiger partial charge on any atom is 0.168 e. The molecule has 2 aromatic carbocycles. The van der Waals surface area contributed by atoms with E-state index in [2.05, 4.69) is 203 Å². The van der Waals surface area contributed by atoms with Gasteiger partial charge in [-0.2, -0.15) is 0 Å². The van der Waals surface area contributed by atoms with Crippen LogP contribution in [0.1, 0.15) is 184 Å². The van der Waals surface area contributed by atoms with Gasteiger partial charge in [0.05, 0.1) is 37.1 Å². The summed E-state index contributed by atoms with van der Waals surface area (Å²) in [6.45, 7) is 50.1. The van der Waals surface area contributed by atoms with E-state index < -0.39 is 0 Å². The molecule has 0 amide bonds. The van der Waals surface area contributed by atoms with Crippen molar-refractivity contribution < 1.29 is 18.9 Å². The lowest BCUT2D eigenvalue weighted by atomic mass is 9.71. The normalized spacial score (nSPS) is 26.9. The molecule has 4 heterocycles. The molecule has 5 aliphatic rings. The molecule has 8 nitrogen and oxygen atoms in total. The van der Waals surface area contributed by atoms with Gasteiger partial charge in [0.1, 0.15) is 0 Å². The number of benzene rings is 2. The van der Waals surface area contributed by atoms with Crippen LogP contribution in [0.5, 0.6) is 0 Å². The summed E-state index contributed by atoms with van der Waals surface area (Å²) in [4.78, 5) is 9.94. The van der Waals surface area contributed by atoms with Crippen molar-refractivity contribution >= 4 is 0 Å². The molecule has 5 atom stereocenters. The molecule has 2 aromatic rings. The van der Waals surface area contributed by atoms with Gasteiger partial charge in [-0.3, -0.25) is 14.7 Å². The molecule has 4 saturated heterocycles. The van der Waals surface area contributed by atoms with Crippen LogP contribution < -0.4 is 0 Å². The Bertz CT molecular complexity index is 1810. The number of rotatable bonds is 14. The predicted molar refractivity (Wildman–Crippen MR) is 312 cm³/mol. The standard InChI is InChI=1S/C20H31NO.C19H29N.C18H35NO2.C8H17NO/c1-16-14-21(15-17(2)22-16)13-7-6-8-18-9-11-19(12-10-18)20(3,4)5;1-19(2,3)18-12-10-17(11-13-18)9-5-8-16-20-14-6-4-7-15-20;1-6-12-19(7-2)13-16-14-20-18(21-16)10-8-15(9-11-18)17(3,4)5;1-4-9-5-7(2)10-8(3)6-9/h6-7,9-12,16-17H,8,13-15H2,1-5H3;5,8,10-13H,4,6-7,9,14-16H2,1-3H3;15-16H,6-14H2,1-5H3;7-8H,4-6H2,1-3H3/b7-6+;8-5+;;. The van der Waals surface area contributed by atoms with Gasteiger partial charge in [-0.05, 0) is 150 Å². The number of morpholine rings is 2. The first kappa shape index (κ1) is 63.1. The van der Waals surface area contributed by atoms with Crippen LogP contribution >= 0.6 is 0 Å². The third kappa shape index (κ3) is 23.8. The minimum Gasteiger partial charge on any atom is -0.373 e. The first-order valence-corrected chi connectivity index (χ1v) is 29.5. The monoisotopic (exact) mass is 1010 g/mol. The highest BCUT2D eigenvalue weighted by molar-refractivity contribution is 5.29. The molecule has 1 aliphatic carbocycles. The number of hydrogen-bond donors (Lipinski definition) is 0. The van der Waals surface area contributed by atoms with Crippen molar-refractivity contribution in [1.29, 1.82) is 0 Å². The van der Waals surface area contributed by atoms with E-state index in [0.29, 0.717) is 29.8 Å². The molecule has 7 rings (SSSR count). The number of likely N-dealkylation sites (N-methyl/N-ethyl adjacent to an activating group) is 2. The van der Waals surface area contributed by atoms with E-state index >= 15 is 0 Å². The summed E-state index contributed by atoms with van der Waals surface area (Å²) in [5.74, 6) is 0.555. The van der Waals surface area contributed by atoms with Gasteiger partial charge in [-0.25, -0.2) is 0 Å². The predicted octanol–water partition coefficient (Wildman–Crippen LogP) is 13.9. The van der Waals surface area contributed by atoms with Crippen molar-refractivity contribution in [2.75, 3.05) is 85.1 Å². The molecule has 8 heteroatoms. The molecule has 1 spiro atoms. The van der Waals surface area contributed by atoms with Gasteiger partial charge >= 0.3 is 0 Å². The zero-order chi connectivity index (χ0) is 53.7. The Morgan fingerprint density at radius 3 is 1.45 bits per heavy atom.